The van der Waals surface area contributed by atoms with E-state index in [0.29, 0.717) is 11.6 Å². The highest BCUT2D eigenvalue weighted by Gasteiger charge is 2.08. The molecule has 1 aromatic carbocycles. The van der Waals surface area contributed by atoms with E-state index in [-0.39, 0.29) is 5.91 Å². The van der Waals surface area contributed by atoms with Gasteiger partial charge in [0, 0.05) is 16.4 Å². The summed E-state index contributed by atoms with van der Waals surface area (Å²) in [5.74, 6) is 0.232. The number of pyridine rings is 1. The number of halogens is 1. The van der Waals surface area contributed by atoms with E-state index in [2.05, 4.69) is 46.1 Å². The molecular formula is C15H15BrN2O. The van der Waals surface area contributed by atoms with Crippen molar-refractivity contribution >= 4 is 27.5 Å². The van der Waals surface area contributed by atoms with Crippen LogP contribution >= 0.6 is 15.9 Å². The maximum Gasteiger partial charge on any atom is 0.274 e. The highest BCUT2D eigenvalue weighted by atomic mass is 79.9. The van der Waals surface area contributed by atoms with Crippen molar-refractivity contribution in [1.29, 1.82) is 0 Å². The summed E-state index contributed by atoms with van der Waals surface area (Å²) >= 11 is 3.29. The molecule has 0 bridgehead atoms. The molecule has 0 spiro atoms. The van der Waals surface area contributed by atoms with Crippen molar-refractivity contribution in [2.45, 2.75) is 19.8 Å². The standard InChI is InChI=1S/C15H15BrN2O/c1-10(2)11-4-3-5-13(8-11)18-15(19)14-7-6-12(16)9-17-14/h3-10H,1-2H3,(H,18,19). The number of anilines is 1. The number of hydrogen-bond donors (Lipinski definition) is 1. The maximum absolute atomic E-state index is 12.0. The lowest BCUT2D eigenvalue weighted by molar-refractivity contribution is 0.102. The molecule has 0 saturated heterocycles. The van der Waals surface area contributed by atoms with Gasteiger partial charge in [-0.25, -0.2) is 4.98 Å². The van der Waals surface area contributed by atoms with Gasteiger partial charge in [-0.15, -0.1) is 0 Å². The summed E-state index contributed by atoms with van der Waals surface area (Å²) in [6.45, 7) is 4.24. The molecule has 0 atom stereocenters. The Morgan fingerprint density at radius 2 is 2.05 bits per heavy atom. The smallest absolute Gasteiger partial charge is 0.274 e. The molecular weight excluding hydrogens is 304 g/mol. The van der Waals surface area contributed by atoms with E-state index in [1.807, 2.05) is 18.2 Å². The molecule has 0 radical (unpaired) electrons. The Morgan fingerprint density at radius 3 is 2.68 bits per heavy atom. The minimum Gasteiger partial charge on any atom is -0.321 e. The van der Waals surface area contributed by atoms with Gasteiger partial charge in [-0.3, -0.25) is 4.79 Å². The van der Waals surface area contributed by atoms with E-state index in [1.165, 1.54) is 5.56 Å². The fourth-order valence-corrected chi connectivity index (χ4v) is 1.92. The molecule has 0 aliphatic carbocycles. The first-order valence-electron chi connectivity index (χ1n) is 6.09. The van der Waals surface area contributed by atoms with Crippen molar-refractivity contribution in [3.63, 3.8) is 0 Å². The average Bonchev–Trinajstić information content (AvgIpc) is 2.39. The highest BCUT2D eigenvalue weighted by molar-refractivity contribution is 9.10. The van der Waals surface area contributed by atoms with Crippen LogP contribution in [-0.2, 0) is 0 Å². The van der Waals surface area contributed by atoms with Gasteiger partial charge in [0.15, 0.2) is 0 Å². The van der Waals surface area contributed by atoms with Gasteiger partial charge in [-0.05, 0) is 51.7 Å². The maximum atomic E-state index is 12.0. The van der Waals surface area contributed by atoms with Crippen LogP contribution in [0.5, 0.6) is 0 Å². The molecule has 1 amide bonds. The van der Waals surface area contributed by atoms with Gasteiger partial charge in [-0.2, -0.15) is 0 Å². The molecule has 0 aliphatic heterocycles. The van der Waals surface area contributed by atoms with Crippen LogP contribution in [-0.4, -0.2) is 10.9 Å². The number of benzene rings is 1. The Bertz CT molecular complexity index is 579. The second-order valence-corrected chi connectivity index (χ2v) is 5.51. The normalized spacial score (nSPS) is 10.5. The monoisotopic (exact) mass is 318 g/mol. The molecule has 19 heavy (non-hydrogen) atoms. The topological polar surface area (TPSA) is 42.0 Å². The van der Waals surface area contributed by atoms with Crippen LogP contribution in [0.3, 0.4) is 0 Å². The second-order valence-electron chi connectivity index (χ2n) is 4.60. The number of rotatable bonds is 3. The van der Waals surface area contributed by atoms with Crippen LogP contribution < -0.4 is 5.32 Å². The van der Waals surface area contributed by atoms with E-state index in [4.69, 9.17) is 0 Å². The van der Waals surface area contributed by atoms with E-state index in [9.17, 15) is 4.79 Å². The van der Waals surface area contributed by atoms with E-state index < -0.39 is 0 Å². The SMILES string of the molecule is CC(C)c1cccc(NC(=O)c2ccc(Br)cn2)c1. The summed E-state index contributed by atoms with van der Waals surface area (Å²) in [4.78, 5) is 16.1. The molecule has 4 heteroatoms. The number of aromatic nitrogens is 1. The first-order chi connectivity index (χ1) is 9.06. The molecule has 1 heterocycles. The number of carbonyl (C=O) groups excluding carboxylic acids is 1. The summed E-state index contributed by atoms with van der Waals surface area (Å²) in [6.07, 6.45) is 1.61. The van der Waals surface area contributed by atoms with Gasteiger partial charge in [0.25, 0.3) is 5.91 Å². The highest BCUT2D eigenvalue weighted by Crippen LogP contribution is 2.19. The van der Waals surface area contributed by atoms with Gasteiger partial charge in [0.2, 0.25) is 0 Å². The number of nitrogens with zero attached hydrogens (tertiary/aromatic N) is 1. The quantitative estimate of drug-likeness (QED) is 0.920. The molecule has 1 aromatic heterocycles. The average molecular weight is 319 g/mol. The Labute approximate surface area is 121 Å². The van der Waals surface area contributed by atoms with E-state index >= 15 is 0 Å². The summed E-state index contributed by atoms with van der Waals surface area (Å²) in [5.41, 5.74) is 2.39. The summed E-state index contributed by atoms with van der Waals surface area (Å²) in [6, 6.07) is 11.3. The molecule has 2 aromatic rings. The fourth-order valence-electron chi connectivity index (χ4n) is 1.68. The van der Waals surface area contributed by atoms with Crippen molar-refractivity contribution in [2.24, 2.45) is 0 Å². The molecule has 1 N–H and O–H groups in total. The minimum absolute atomic E-state index is 0.201. The zero-order valence-corrected chi connectivity index (χ0v) is 12.4. The zero-order chi connectivity index (χ0) is 13.8. The van der Waals surface area contributed by atoms with Gasteiger partial charge in [0.05, 0.1) is 0 Å². The van der Waals surface area contributed by atoms with Gasteiger partial charge in [-0.1, -0.05) is 26.0 Å². The molecule has 0 fully saturated rings. The van der Waals surface area contributed by atoms with Crippen LogP contribution in [0.15, 0.2) is 47.1 Å². The zero-order valence-electron chi connectivity index (χ0n) is 10.9. The Kier molecular flexibility index (Phi) is 4.32. The number of hydrogen-bond acceptors (Lipinski definition) is 2. The number of carbonyl (C=O) groups is 1. The third kappa shape index (κ3) is 3.64. The van der Waals surface area contributed by atoms with Crippen molar-refractivity contribution in [3.05, 3.63) is 58.3 Å². The lowest BCUT2D eigenvalue weighted by Crippen LogP contribution is -2.13. The fraction of sp³-hybridized carbons (Fsp3) is 0.200. The Hall–Kier alpha value is -1.68. The third-order valence-corrected chi connectivity index (χ3v) is 3.24. The first-order valence-corrected chi connectivity index (χ1v) is 6.88. The van der Waals surface area contributed by atoms with E-state index in [0.717, 1.165) is 10.2 Å². The first kappa shape index (κ1) is 13.7. The summed E-state index contributed by atoms with van der Waals surface area (Å²) in [7, 11) is 0. The Balaban J connectivity index is 2.14. The minimum atomic E-state index is -0.201. The van der Waals surface area contributed by atoms with Crippen LogP contribution in [0.2, 0.25) is 0 Å². The lowest BCUT2D eigenvalue weighted by Gasteiger charge is -2.09. The molecule has 98 valence electrons. The molecule has 3 nitrogen and oxygen atoms in total. The van der Waals surface area contributed by atoms with Crippen molar-refractivity contribution in [1.82, 2.24) is 4.98 Å². The van der Waals surface area contributed by atoms with E-state index in [1.54, 1.807) is 18.3 Å². The predicted octanol–water partition coefficient (Wildman–Crippen LogP) is 4.22. The van der Waals surface area contributed by atoms with Crippen molar-refractivity contribution in [2.75, 3.05) is 5.32 Å². The number of amides is 1. The van der Waals surface area contributed by atoms with Crippen LogP contribution in [0.25, 0.3) is 0 Å². The van der Waals surface area contributed by atoms with Crippen LogP contribution in [0.1, 0.15) is 35.8 Å². The van der Waals surface area contributed by atoms with Crippen molar-refractivity contribution in [3.8, 4) is 0 Å². The third-order valence-electron chi connectivity index (χ3n) is 2.77. The molecule has 0 aliphatic rings. The van der Waals surface area contributed by atoms with Gasteiger partial charge < -0.3 is 5.32 Å². The lowest BCUT2D eigenvalue weighted by atomic mass is 10.0. The molecule has 0 unspecified atom stereocenters. The second kappa shape index (κ2) is 5.97. The molecule has 0 saturated carbocycles. The van der Waals surface area contributed by atoms with Gasteiger partial charge in [0.1, 0.15) is 5.69 Å². The largest absolute Gasteiger partial charge is 0.321 e. The predicted molar refractivity (Wildman–Crippen MR) is 80.4 cm³/mol. The number of nitrogens with one attached hydrogen (secondary N) is 1. The Morgan fingerprint density at radius 1 is 1.26 bits per heavy atom. The van der Waals surface area contributed by atoms with Crippen LogP contribution in [0.4, 0.5) is 5.69 Å². The van der Waals surface area contributed by atoms with Gasteiger partial charge >= 0.3 is 0 Å². The summed E-state index contributed by atoms with van der Waals surface area (Å²) in [5, 5.41) is 2.86. The van der Waals surface area contributed by atoms with Crippen LogP contribution in [0, 0.1) is 0 Å². The summed E-state index contributed by atoms with van der Waals surface area (Å²) < 4.78 is 0.853. The van der Waals surface area contributed by atoms with Crippen molar-refractivity contribution < 1.29 is 4.79 Å². The molecule has 2 rings (SSSR count).